The summed E-state index contributed by atoms with van der Waals surface area (Å²) in [5.74, 6) is 1.29. The number of piperazine rings is 1. The molecular weight excluding hydrogens is 354 g/mol. The molecule has 1 atom stereocenters. The van der Waals surface area contributed by atoms with Crippen LogP contribution in [0.25, 0.3) is 0 Å². The number of hydrogen-bond donors (Lipinski definition) is 1. The first kappa shape index (κ1) is 18.6. The summed E-state index contributed by atoms with van der Waals surface area (Å²) < 4.78 is 10.6. The number of hydrogen-bond acceptors (Lipinski definition) is 4. The number of amides is 2. The molecule has 1 aliphatic heterocycles. The third kappa shape index (κ3) is 4.07. The van der Waals surface area contributed by atoms with Gasteiger partial charge in [0.1, 0.15) is 11.5 Å². The van der Waals surface area contributed by atoms with Gasteiger partial charge >= 0.3 is 6.03 Å². The summed E-state index contributed by atoms with van der Waals surface area (Å²) in [4.78, 5) is 17.6. The number of benzene rings is 2. The normalized spacial score (nSPS) is 19.9. The molecule has 28 heavy (non-hydrogen) atoms. The third-order valence-electron chi connectivity index (χ3n) is 5.52. The van der Waals surface area contributed by atoms with E-state index in [2.05, 4.69) is 22.3 Å². The van der Waals surface area contributed by atoms with E-state index in [0.717, 1.165) is 13.1 Å². The quantitative estimate of drug-likeness (QED) is 0.857. The Morgan fingerprint density at radius 2 is 1.68 bits per heavy atom. The number of urea groups is 1. The van der Waals surface area contributed by atoms with Gasteiger partial charge in [-0.15, -0.1) is 0 Å². The Kier molecular flexibility index (Phi) is 5.39. The molecule has 1 N–H and O–H groups in total. The highest BCUT2D eigenvalue weighted by Gasteiger charge is 2.37. The Labute approximate surface area is 166 Å². The highest BCUT2D eigenvalue weighted by Crippen LogP contribution is 2.34. The van der Waals surface area contributed by atoms with Crippen LogP contribution in [0.15, 0.2) is 48.5 Å². The highest BCUT2D eigenvalue weighted by atomic mass is 16.5. The smallest absolute Gasteiger partial charge is 0.322 e. The Morgan fingerprint density at radius 3 is 2.29 bits per heavy atom. The fourth-order valence-electron chi connectivity index (χ4n) is 3.85. The van der Waals surface area contributed by atoms with Crippen LogP contribution in [0.1, 0.15) is 24.4 Å². The van der Waals surface area contributed by atoms with Gasteiger partial charge in [-0.3, -0.25) is 4.90 Å². The number of rotatable bonds is 5. The molecule has 6 heteroatoms. The number of ether oxygens (including phenoxy) is 2. The lowest BCUT2D eigenvalue weighted by molar-refractivity contribution is 0.0954. The molecule has 2 aromatic carbocycles. The summed E-state index contributed by atoms with van der Waals surface area (Å²) in [6.45, 7) is 2.51. The lowest BCUT2D eigenvalue weighted by atomic mass is 10.0. The summed E-state index contributed by atoms with van der Waals surface area (Å²) in [6.07, 6.45) is 2.55. The first-order chi connectivity index (χ1) is 13.7. The van der Waals surface area contributed by atoms with Crippen LogP contribution in [0.4, 0.5) is 10.5 Å². The van der Waals surface area contributed by atoms with Crippen molar-refractivity contribution in [3.63, 3.8) is 0 Å². The SMILES string of the molecule is COc1cc(NC(=O)N2CCN(C3CC3)CC2c2ccccc2)cc(OC)c1. The Balaban J connectivity index is 1.54. The first-order valence-corrected chi connectivity index (χ1v) is 9.77. The monoisotopic (exact) mass is 381 g/mol. The van der Waals surface area contributed by atoms with E-state index in [1.807, 2.05) is 23.1 Å². The fraction of sp³-hybridized carbons (Fsp3) is 0.409. The molecule has 6 nitrogen and oxygen atoms in total. The molecule has 0 spiro atoms. The number of methoxy groups -OCH3 is 2. The molecular formula is C22H27N3O3. The number of nitrogens with one attached hydrogen (secondary N) is 1. The van der Waals surface area contributed by atoms with Gasteiger partial charge in [0, 0.05) is 49.6 Å². The van der Waals surface area contributed by atoms with Crippen LogP contribution in [0.5, 0.6) is 11.5 Å². The van der Waals surface area contributed by atoms with Gasteiger partial charge in [0.25, 0.3) is 0 Å². The lowest BCUT2D eigenvalue weighted by Gasteiger charge is -2.41. The molecule has 1 heterocycles. The summed E-state index contributed by atoms with van der Waals surface area (Å²) in [6, 6.07) is 16.3. The summed E-state index contributed by atoms with van der Waals surface area (Å²) in [5.41, 5.74) is 1.84. The van der Waals surface area contributed by atoms with Gasteiger partial charge in [0.05, 0.1) is 20.3 Å². The topological polar surface area (TPSA) is 54.0 Å². The Morgan fingerprint density at radius 1 is 1.00 bits per heavy atom. The fourth-order valence-corrected chi connectivity index (χ4v) is 3.85. The van der Waals surface area contributed by atoms with Crippen molar-refractivity contribution in [2.75, 3.05) is 39.2 Å². The molecule has 2 fully saturated rings. The standard InChI is InChI=1S/C22H27N3O3/c1-27-19-12-17(13-20(14-19)28-2)23-22(26)25-11-10-24(18-8-9-18)15-21(25)16-6-4-3-5-7-16/h3-7,12-14,18,21H,8-11,15H2,1-2H3,(H,23,26). The molecule has 2 amide bonds. The minimum Gasteiger partial charge on any atom is -0.497 e. The molecule has 148 valence electrons. The largest absolute Gasteiger partial charge is 0.497 e. The number of carbonyl (C=O) groups excluding carboxylic acids is 1. The molecule has 0 aromatic heterocycles. The zero-order valence-electron chi connectivity index (χ0n) is 16.4. The van der Waals surface area contributed by atoms with E-state index in [1.54, 1.807) is 32.4 Å². The second-order valence-electron chi connectivity index (χ2n) is 7.38. The van der Waals surface area contributed by atoms with Gasteiger partial charge in [0.15, 0.2) is 0 Å². The minimum absolute atomic E-state index is 0.0445. The number of carbonyl (C=O) groups is 1. The van der Waals surface area contributed by atoms with E-state index < -0.39 is 0 Å². The van der Waals surface area contributed by atoms with Crippen LogP contribution in [-0.4, -0.2) is 55.7 Å². The molecule has 4 rings (SSSR count). The van der Waals surface area contributed by atoms with Crippen molar-refractivity contribution in [2.24, 2.45) is 0 Å². The molecule has 2 aliphatic rings. The van der Waals surface area contributed by atoms with Gasteiger partial charge in [-0.25, -0.2) is 4.79 Å². The maximum atomic E-state index is 13.2. The van der Waals surface area contributed by atoms with E-state index >= 15 is 0 Å². The maximum Gasteiger partial charge on any atom is 0.322 e. The highest BCUT2D eigenvalue weighted by molar-refractivity contribution is 5.90. The average Bonchev–Trinajstić information content (AvgIpc) is 3.59. The van der Waals surface area contributed by atoms with Gasteiger partial charge in [0.2, 0.25) is 0 Å². The van der Waals surface area contributed by atoms with E-state index in [9.17, 15) is 4.79 Å². The maximum absolute atomic E-state index is 13.2. The number of anilines is 1. The summed E-state index contributed by atoms with van der Waals surface area (Å²) >= 11 is 0. The second kappa shape index (κ2) is 8.10. The molecule has 1 unspecified atom stereocenters. The molecule has 1 saturated heterocycles. The van der Waals surface area contributed by atoms with E-state index in [-0.39, 0.29) is 12.1 Å². The van der Waals surface area contributed by atoms with Crippen LogP contribution >= 0.6 is 0 Å². The first-order valence-electron chi connectivity index (χ1n) is 9.77. The van der Waals surface area contributed by atoms with Crippen molar-refractivity contribution in [2.45, 2.75) is 24.9 Å². The van der Waals surface area contributed by atoms with Crippen molar-refractivity contribution >= 4 is 11.7 Å². The van der Waals surface area contributed by atoms with Crippen LogP contribution in [-0.2, 0) is 0 Å². The van der Waals surface area contributed by atoms with Crippen molar-refractivity contribution < 1.29 is 14.3 Å². The van der Waals surface area contributed by atoms with Crippen LogP contribution in [0.2, 0.25) is 0 Å². The zero-order valence-corrected chi connectivity index (χ0v) is 16.4. The van der Waals surface area contributed by atoms with Crippen molar-refractivity contribution in [1.29, 1.82) is 0 Å². The van der Waals surface area contributed by atoms with Crippen LogP contribution in [0.3, 0.4) is 0 Å². The van der Waals surface area contributed by atoms with Crippen molar-refractivity contribution in [1.82, 2.24) is 9.80 Å². The predicted octanol–water partition coefficient (Wildman–Crippen LogP) is 3.76. The van der Waals surface area contributed by atoms with E-state index in [4.69, 9.17) is 9.47 Å². The van der Waals surface area contributed by atoms with Crippen molar-refractivity contribution in [3.05, 3.63) is 54.1 Å². The molecule has 0 radical (unpaired) electrons. The molecule has 1 aliphatic carbocycles. The summed E-state index contributed by atoms with van der Waals surface area (Å²) in [7, 11) is 3.20. The second-order valence-corrected chi connectivity index (χ2v) is 7.38. The average molecular weight is 381 g/mol. The van der Waals surface area contributed by atoms with Gasteiger partial charge < -0.3 is 19.7 Å². The molecule has 1 saturated carbocycles. The van der Waals surface area contributed by atoms with Gasteiger partial charge in [-0.05, 0) is 18.4 Å². The minimum atomic E-state index is -0.0976. The third-order valence-corrected chi connectivity index (χ3v) is 5.52. The zero-order chi connectivity index (χ0) is 19.5. The van der Waals surface area contributed by atoms with Crippen LogP contribution < -0.4 is 14.8 Å². The van der Waals surface area contributed by atoms with E-state index in [1.165, 1.54) is 18.4 Å². The van der Waals surface area contributed by atoms with Gasteiger partial charge in [-0.2, -0.15) is 0 Å². The van der Waals surface area contributed by atoms with Crippen molar-refractivity contribution in [3.8, 4) is 11.5 Å². The number of nitrogens with zero attached hydrogens (tertiary/aromatic N) is 2. The predicted molar refractivity (Wildman–Crippen MR) is 109 cm³/mol. The molecule has 2 aromatic rings. The summed E-state index contributed by atoms with van der Waals surface area (Å²) in [5, 5.41) is 3.03. The molecule has 0 bridgehead atoms. The lowest BCUT2D eigenvalue weighted by Crippen LogP contribution is -2.52. The Bertz CT molecular complexity index is 801. The van der Waals surface area contributed by atoms with Crippen LogP contribution in [0, 0.1) is 0 Å². The Hall–Kier alpha value is -2.73. The van der Waals surface area contributed by atoms with E-state index in [0.29, 0.717) is 29.8 Å². The van der Waals surface area contributed by atoms with Gasteiger partial charge in [-0.1, -0.05) is 30.3 Å².